The second-order valence-corrected chi connectivity index (χ2v) is 5.47. The maximum Gasteiger partial charge on any atom is 0.234 e. The van der Waals surface area contributed by atoms with Crippen LogP contribution in [0.4, 0.5) is 0 Å². The molecule has 0 aromatic heterocycles. The first-order valence-electron chi connectivity index (χ1n) is 7.17. The Balaban J connectivity index is 2.18. The molecule has 0 spiro atoms. The van der Waals surface area contributed by atoms with Crippen molar-refractivity contribution in [3.63, 3.8) is 0 Å². The van der Waals surface area contributed by atoms with Crippen molar-refractivity contribution in [2.75, 3.05) is 6.54 Å². The normalized spacial score (nSPS) is 14.5. The first-order valence-corrected chi connectivity index (χ1v) is 7.17. The van der Waals surface area contributed by atoms with Gasteiger partial charge in [0.25, 0.3) is 0 Å². The Morgan fingerprint density at radius 3 is 2.00 bits per heavy atom. The molecule has 1 amide bonds. The molecule has 0 unspecified atom stereocenters. The fraction of sp³-hybridized carbons (Fsp3) is 0.278. The van der Waals surface area contributed by atoms with E-state index in [2.05, 4.69) is 36.5 Å². The van der Waals surface area contributed by atoms with Crippen molar-refractivity contribution >= 4 is 5.91 Å². The SMILES string of the molecule is CCCNC(=O)C1(C)c2ccccc2-c2ccccc21. The molecule has 0 saturated heterocycles. The monoisotopic (exact) mass is 265 g/mol. The van der Waals surface area contributed by atoms with E-state index in [-0.39, 0.29) is 5.91 Å². The first-order chi connectivity index (χ1) is 9.69. The van der Waals surface area contributed by atoms with Crippen molar-refractivity contribution in [3.05, 3.63) is 59.7 Å². The molecule has 2 aromatic rings. The van der Waals surface area contributed by atoms with Gasteiger partial charge in [-0.25, -0.2) is 0 Å². The summed E-state index contributed by atoms with van der Waals surface area (Å²) < 4.78 is 0. The van der Waals surface area contributed by atoms with Gasteiger partial charge in [-0.1, -0.05) is 55.5 Å². The summed E-state index contributed by atoms with van der Waals surface area (Å²) in [6, 6.07) is 16.4. The number of carbonyl (C=O) groups excluding carboxylic acids is 1. The Bertz CT molecular complexity index is 614. The van der Waals surface area contributed by atoms with Crippen molar-refractivity contribution in [1.29, 1.82) is 0 Å². The zero-order valence-corrected chi connectivity index (χ0v) is 11.9. The molecular formula is C18H19NO. The van der Waals surface area contributed by atoms with Crippen LogP contribution in [0.5, 0.6) is 0 Å². The lowest BCUT2D eigenvalue weighted by Gasteiger charge is -2.26. The molecule has 1 aliphatic rings. The molecule has 2 heteroatoms. The lowest BCUT2D eigenvalue weighted by Crippen LogP contribution is -2.42. The summed E-state index contributed by atoms with van der Waals surface area (Å²) >= 11 is 0. The van der Waals surface area contributed by atoms with Crippen LogP contribution >= 0.6 is 0 Å². The van der Waals surface area contributed by atoms with Gasteiger partial charge in [0.05, 0.1) is 5.41 Å². The van der Waals surface area contributed by atoms with Crippen LogP contribution in [0, 0.1) is 0 Å². The van der Waals surface area contributed by atoms with Crippen LogP contribution in [0.25, 0.3) is 11.1 Å². The second-order valence-electron chi connectivity index (χ2n) is 5.47. The van der Waals surface area contributed by atoms with Gasteiger partial charge >= 0.3 is 0 Å². The molecule has 0 atom stereocenters. The Kier molecular flexibility index (Phi) is 3.09. The van der Waals surface area contributed by atoms with E-state index >= 15 is 0 Å². The molecule has 0 heterocycles. The molecule has 102 valence electrons. The number of nitrogens with one attached hydrogen (secondary N) is 1. The van der Waals surface area contributed by atoms with Crippen LogP contribution in [0.15, 0.2) is 48.5 Å². The van der Waals surface area contributed by atoms with Gasteiger partial charge in [0.15, 0.2) is 0 Å². The minimum absolute atomic E-state index is 0.0942. The van der Waals surface area contributed by atoms with Gasteiger partial charge in [-0.3, -0.25) is 4.79 Å². The number of hydrogen-bond donors (Lipinski definition) is 1. The maximum atomic E-state index is 12.7. The van der Waals surface area contributed by atoms with Crippen molar-refractivity contribution in [2.24, 2.45) is 0 Å². The zero-order valence-electron chi connectivity index (χ0n) is 11.9. The highest BCUT2D eigenvalue weighted by molar-refractivity contribution is 6.00. The minimum atomic E-state index is -0.581. The highest BCUT2D eigenvalue weighted by Gasteiger charge is 2.44. The summed E-state index contributed by atoms with van der Waals surface area (Å²) in [5.41, 5.74) is 3.99. The van der Waals surface area contributed by atoms with E-state index in [1.807, 2.05) is 31.2 Å². The Hall–Kier alpha value is -2.09. The van der Waals surface area contributed by atoms with Crippen LogP contribution in [0.1, 0.15) is 31.4 Å². The van der Waals surface area contributed by atoms with Crippen molar-refractivity contribution in [2.45, 2.75) is 25.7 Å². The average Bonchev–Trinajstić information content (AvgIpc) is 2.77. The van der Waals surface area contributed by atoms with Crippen molar-refractivity contribution in [1.82, 2.24) is 5.32 Å². The topological polar surface area (TPSA) is 29.1 Å². The van der Waals surface area contributed by atoms with E-state index in [4.69, 9.17) is 0 Å². The maximum absolute atomic E-state index is 12.7. The summed E-state index contributed by atoms with van der Waals surface area (Å²) in [7, 11) is 0. The van der Waals surface area contributed by atoms with E-state index in [1.54, 1.807) is 0 Å². The molecular weight excluding hydrogens is 246 g/mol. The zero-order chi connectivity index (χ0) is 14.2. The minimum Gasteiger partial charge on any atom is -0.355 e. The summed E-state index contributed by atoms with van der Waals surface area (Å²) in [5.74, 6) is 0.0942. The predicted octanol–water partition coefficient (Wildman–Crippen LogP) is 3.50. The third-order valence-electron chi connectivity index (χ3n) is 4.21. The molecule has 1 aliphatic carbocycles. The van der Waals surface area contributed by atoms with E-state index in [1.165, 1.54) is 11.1 Å². The molecule has 0 radical (unpaired) electrons. The molecule has 0 fully saturated rings. The lowest BCUT2D eigenvalue weighted by atomic mass is 9.79. The summed E-state index contributed by atoms with van der Waals surface area (Å²) in [4.78, 5) is 12.7. The van der Waals surface area contributed by atoms with Gasteiger partial charge in [-0.05, 0) is 35.6 Å². The molecule has 0 aliphatic heterocycles. The molecule has 2 aromatic carbocycles. The fourth-order valence-electron chi connectivity index (χ4n) is 3.11. The number of amides is 1. The molecule has 0 saturated carbocycles. The highest BCUT2D eigenvalue weighted by atomic mass is 16.2. The average molecular weight is 265 g/mol. The molecule has 0 bridgehead atoms. The number of carbonyl (C=O) groups is 1. The number of benzene rings is 2. The molecule has 1 N–H and O–H groups in total. The third kappa shape index (κ3) is 1.68. The largest absolute Gasteiger partial charge is 0.355 e. The smallest absolute Gasteiger partial charge is 0.234 e. The predicted molar refractivity (Wildman–Crippen MR) is 81.6 cm³/mol. The van der Waals surface area contributed by atoms with Gasteiger partial charge in [0.1, 0.15) is 0 Å². The van der Waals surface area contributed by atoms with Crippen molar-refractivity contribution in [3.8, 4) is 11.1 Å². The van der Waals surface area contributed by atoms with Crippen molar-refractivity contribution < 1.29 is 4.79 Å². The number of rotatable bonds is 3. The summed E-state index contributed by atoms with van der Waals surface area (Å²) in [6.07, 6.45) is 0.950. The third-order valence-corrected chi connectivity index (χ3v) is 4.21. The van der Waals surface area contributed by atoms with Crippen LogP contribution < -0.4 is 5.32 Å². The Labute approximate surface area is 119 Å². The molecule has 2 nitrogen and oxygen atoms in total. The van der Waals surface area contributed by atoms with Crippen LogP contribution in [0.2, 0.25) is 0 Å². The van der Waals surface area contributed by atoms with E-state index in [0.29, 0.717) is 0 Å². The lowest BCUT2D eigenvalue weighted by molar-refractivity contribution is -0.124. The number of hydrogen-bond acceptors (Lipinski definition) is 1. The van der Waals surface area contributed by atoms with Crippen LogP contribution in [-0.2, 0) is 10.2 Å². The van der Waals surface area contributed by atoms with Gasteiger partial charge < -0.3 is 5.32 Å². The van der Waals surface area contributed by atoms with Gasteiger partial charge in [0.2, 0.25) is 5.91 Å². The highest BCUT2D eigenvalue weighted by Crippen LogP contribution is 2.48. The summed E-state index contributed by atoms with van der Waals surface area (Å²) in [5, 5.41) is 3.06. The summed E-state index contributed by atoms with van der Waals surface area (Å²) in [6.45, 7) is 4.82. The second kappa shape index (κ2) is 4.78. The number of fused-ring (bicyclic) bond motifs is 3. The van der Waals surface area contributed by atoms with E-state index in [9.17, 15) is 4.79 Å². The molecule has 20 heavy (non-hydrogen) atoms. The van der Waals surface area contributed by atoms with Crippen LogP contribution in [-0.4, -0.2) is 12.5 Å². The first kappa shape index (κ1) is 12.9. The van der Waals surface area contributed by atoms with E-state index in [0.717, 1.165) is 24.1 Å². The van der Waals surface area contributed by atoms with Gasteiger partial charge in [-0.15, -0.1) is 0 Å². The Morgan fingerprint density at radius 2 is 1.50 bits per heavy atom. The molecule has 3 rings (SSSR count). The van der Waals surface area contributed by atoms with Gasteiger partial charge in [-0.2, -0.15) is 0 Å². The standard InChI is InChI=1S/C18H19NO/c1-3-12-19-17(20)18(2)15-10-6-4-8-13(15)14-9-5-7-11-16(14)18/h4-11H,3,12H2,1-2H3,(H,19,20). The van der Waals surface area contributed by atoms with Gasteiger partial charge in [0, 0.05) is 6.54 Å². The quantitative estimate of drug-likeness (QED) is 0.904. The fourth-order valence-corrected chi connectivity index (χ4v) is 3.11. The van der Waals surface area contributed by atoms with E-state index < -0.39 is 5.41 Å². The van der Waals surface area contributed by atoms with Crippen LogP contribution in [0.3, 0.4) is 0 Å². The Morgan fingerprint density at radius 1 is 1.00 bits per heavy atom.